The predicted octanol–water partition coefficient (Wildman–Crippen LogP) is -1.55. The zero-order chi connectivity index (χ0) is 7.44. The number of nitrogens with zero attached hydrogens (tertiary/aromatic N) is 1. The van der Waals surface area contributed by atoms with Crippen molar-refractivity contribution in [2.24, 2.45) is 5.73 Å². The highest BCUT2D eigenvalue weighted by Crippen LogP contribution is 1.76. The van der Waals surface area contributed by atoms with Crippen LogP contribution in [0.3, 0.4) is 0 Å². The van der Waals surface area contributed by atoms with Crippen molar-refractivity contribution in [1.82, 2.24) is 10.8 Å². The number of nitrogens with two attached hydrogens (primary N) is 1. The molecule has 0 bridgehead atoms. The predicted molar refractivity (Wildman–Crippen MR) is 27.2 cm³/mol. The molecule has 0 radical (unpaired) electrons. The van der Waals surface area contributed by atoms with Gasteiger partial charge in [0.1, 0.15) is 6.04 Å². The third kappa shape index (κ3) is 3.86. The van der Waals surface area contributed by atoms with Crippen molar-refractivity contribution < 1.29 is 15.2 Å². The molecule has 0 aliphatic heterocycles. The normalized spacial score (nSPS) is 13.8. The molecule has 0 aromatic rings. The zero-order valence-corrected chi connectivity index (χ0v) is 4.90. The topological polar surface area (TPSA) is 98.8 Å². The first-order valence-corrected chi connectivity index (χ1v) is 2.27. The summed E-state index contributed by atoms with van der Waals surface area (Å²) in [4.78, 5) is 10.1. The minimum absolute atomic E-state index is 0.310. The lowest BCUT2D eigenvalue weighted by Gasteiger charge is -2.11. The Morgan fingerprint density at radius 3 is 2.33 bits per heavy atom. The molecule has 0 rings (SSSR count). The Bertz CT molecular complexity index is 104. The van der Waals surface area contributed by atoms with Gasteiger partial charge in [-0.2, -0.15) is 5.43 Å². The fourth-order valence-electron chi connectivity index (χ4n) is 0.237. The van der Waals surface area contributed by atoms with Crippen LogP contribution in [-0.4, -0.2) is 27.7 Å². The van der Waals surface area contributed by atoms with E-state index in [1.54, 1.807) is 0 Å². The summed E-state index contributed by atoms with van der Waals surface area (Å²) in [7, 11) is 0. The maximum Gasteiger partial charge on any atom is 0.235 e. The molecule has 1 atom stereocenters. The maximum atomic E-state index is 10.1. The van der Waals surface area contributed by atoms with Gasteiger partial charge in [-0.25, -0.2) is 0 Å². The Morgan fingerprint density at radius 2 is 2.22 bits per heavy atom. The van der Waals surface area contributed by atoms with E-state index in [1.165, 1.54) is 6.92 Å². The molecule has 0 saturated heterocycles. The molecule has 54 valence electrons. The number of hydrogen-bond donors (Lipinski definition) is 4. The quantitative estimate of drug-likeness (QED) is 0.351. The third-order valence-corrected chi connectivity index (χ3v) is 0.736. The van der Waals surface area contributed by atoms with E-state index < -0.39 is 11.9 Å². The number of nitrogens with one attached hydrogen (secondary N) is 1. The SMILES string of the molecule is CC(NN(O)O)C(N)=O. The molecule has 0 fully saturated rings. The summed E-state index contributed by atoms with van der Waals surface area (Å²) >= 11 is 0. The van der Waals surface area contributed by atoms with Crippen molar-refractivity contribution in [3.63, 3.8) is 0 Å². The molecule has 0 aromatic heterocycles. The average Bonchev–Trinajstić information content (AvgIpc) is 1.63. The Morgan fingerprint density at radius 1 is 1.78 bits per heavy atom. The second-order valence-corrected chi connectivity index (χ2v) is 1.54. The first-order valence-electron chi connectivity index (χ1n) is 2.27. The summed E-state index contributed by atoms with van der Waals surface area (Å²) in [5, 5.41) is 15.8. The van der Waals surface area contributed by atoms with Gasteiger partial charge in [-0.05, 0) is 6.92 Å². The molecule has 6 nitrogen and oxygen atoms in total. The van der Waals surface area contributed by atoms with Gasteiger partial charge in [-0.1, -0.05) is 0 Å². The van der Waals surface area contributed by atoms with Gasteiger partial charge in [0.15, 0.2) is 0 Å². The van der Waals surface area contributed by atoms with Crippen LogP contribution in [0.25, 0.3) is 0 Å². The summed E-state index contributed by atoms with van der Waals surface area (Å²) in [5.41, 5.74) is 6.65. The molecule has 1 amide bonds. The number of hydrogen-bond acceptors (Lipinski definition) is 5. The molecule has 0 aromatic carbocycles. The van der Waals surface area contributed by atoms with Gasteiger partial charge in [-0.15, -0.1) is 0 Å². The van der Waals surface area contributed by atoms with Crippen LogP contribution in [0.4, 0.5) is 0 Å². The first kappa shape index (κ1) is 8.31. The van der Waals surface area contributed by atoms with Crippen LogP contribution in [0.5, 0.6) is 0 Å². The lowest BCUT2D eigenvalue weighted by molar-refractivity contribution is -0.345. The molecule has 9 heavy (non-hydrogen) atoms. The van der Waals surface area contributed by atoms with Crippen LogP contribution in [0.2, 0.25) is 0 Å². The van der Waals surface area contributed by atoms with Gasteiger partial charge in [0.2, 0.25) is 5.91 Å². The zero-order valence-electron chi connectivity index (χ0n) is 4.90. The van der Waals surface area contributed by atoms with E-state index in [0.29, 0.717) is 0 Å². The minimum Gasteiger partial charge on any atom is -0.368 e. The van der Waals surface area contributed by atoms with Gasteiger partial charge < -0.3 is 5.73 Å². The summed E-state index contributed by atoms with van der Waals surface area (Å²) in [6, 6.07) is -0.792. The van der Waals surface area contributed by atoms with Crippen LogP contribution in [0, 0.1) is 0 Å². The smallest absolute Gasteiger partial charge is 0.235 e. The molecule has 5 N–H and O–H groups in total. The summed E-state index contributed by atoms with van der Waals surface area (Å²) in [6.07, 6.45) is 0. The Hall–Kier alpha value is -0.690. The number of carbonyl (C=O) groups is 1. The second kappa shape index (κ2) is 3.36. The standard InChI is InChI=1S/C3H9N3O3/c1-2(3(4)7)5-6(8)9/h2,5,8-9H,1H3,(H2,4,7). The van der Waals surface area contributed by atoms with E-state index in [2.05, 4.69) is 0 Å². The van der Waals surface area contributed by atoms with Crippen LogP contribution < -0.4 is 11.2 Å². The number of primary amides is 1. The van der Waals surface area contributed by atoms with Crippen molar-refractivity contribution in [3.8, 4) is 0 Å². The van der Waals surface area contributed by atoms with Crippen LogP contribution >= 0.6 is 0 Å². The Balaban J connectivity index is 3.50. The van der Waals surface area contributed by atoms with Crippen LogP contribution in [-0.2, 0) is 4.79 Å². The minimum atomic E-state index is -0.792. The highest BCUT2D eigenvalue weighted by molar-refractivity contribution is 5.79. The van der Waals surface area contributed by atoms with Gasteiger partial charge in [0.05, 0.1) is 0 Å². The van der Waals surface area contributed by atoms with E-state index in [1.807, 2.05) is 5.43 Å². The lowest BCUT2D eigenvalue weighted by Crippen LogP contribution is -2.46. The fraction of sp³-hybridized carbons (Fsp3) is 0.667. The molecular weight excluding hydrogens is 126 g/mol. The van der Waals surface area contributed by atoms with Gasteiger partial charge >= 0.3 is 0 Å². The highest BCUT2D eigenvalue weighted by Gasteiger charge is 2.08. The largest absolute Gasteiger partial charge is 0.368 e. The third-order valence-electron chi connectivity index (χ3n) is 0.736. The summed E-state index contributed by atoms with van der Waals surface area (Å²) < 4.78 is 0. The number of rotatable bonds is 3. The van der Waals surface area contributed by atoms with E-state index in [0.717, 1.165) is 0 Å². The number of hydrazine groups is 1. The van der Waals surface area contributed by atoms with Crippen molar-refractivity contribution in [2.75, 3.05) is 0 Å². The lowest BCUT2D eigenvalue weighted by atomic mass is 10.3. The van der Waals surface area contributed by atoms with Crippen LogP contribution in [0.1, 0.15) is 6.92 Å². The molecule has 6 heteroatoms. The monoisotopic (exact) mass is 135 g/mol. The van der Waals surface area contributed by atoms with E-state index in [9.17, 15) is 4.79 Å². The molecule has 1 unspecified atom stereocenters. The van der Waals surface area contributed by atoms with Crippen molar-refractivity contribution >= 4 is 5.91 Å². The van der Waals surface area contributed by atoms with Crippen molar-refractivity contribution in [2.45, 2.75) is 13.0 Å². The van der Waals surface area contributed by atoms with Crippen molar-refractivity contribution in [3.05, 3.63) is 0 Å². The average molecular weight is 135 g/mol. The molecular formula is C3H9N3O3. The van der Waals surface area contributed by atoms with Gasteiger partial charge in [0.25, 0.3) is 0 Å². The first-order chi connectivity index (χ1) is 4.04. The molecule has 0 heterocycles. The van der Waals surface area contributed by atoms with Crippen LogP contribution in [0.15, 0.2) is 0 Å². The summed E-state index contributed by atoms with van der Waals surface area (Å²) in [6.45, 7) is 1.39. The Labute approximate surface area is 51.7 Å². The number of carbonyl (C=O) groups excluding carboxylic acids is 1. The number of amides is 1. The van der Waals surface area contributed by atoms with Gasteiger partial charge in [0, 0.05) is 5.34 Å². The van der Waals surface area contributed by atoms with E-state index in [-0.39, 0.29) is 5.34 Å². The molecule has 0 aliphatic rings. The fourth-order valence-corrected chi connectivity index (χ4v) is 0.237. The molecule has 0 saturated carbocycles. The van der Waals surface area contributed by atoms with Crippen molar-refractivity contribution in [1.29, 1.82) is 0 Å². The maximum absolute atomic E-state index is 10.1. The van der Waals surface area contributed by atoms with Gasteiger partial charge in [-0.3, -0.25) is 15.2 Å². The second-order valence-electron chi connectivity index (χ2n) is 1.54. The highest BCUT2D eigenvalue weighted by atomic mass is 16.8. The molecule has 0 spiro atoms. The van der Waals surface area contributed by atoms with E-state index >= 15 is 0 Å². The van der Waals surface area contributed by atoms with E-state index in [4.69, 9.17) is 16.1 Å². The summed E-state index contributed by atoms with van der Waals surface area (Å²) in [5.74, 6) is -0.664. The molecule has 0 aliphatic carbocycles. The Kier molecular flexibility index (Phi) is 3.10.